The van der Waals surface area contributed by atoms with Crippen LogP contribution in [0.4, 0.5) is 11.4 Å². The number of carbonyl (C=O) groups is 2. The molecule has 3 N–H and O–H groups in total. The minimum absolute atomic E-state index is 0.179. The fourth-order valence-corrected chi connectivity index (χ4v) is 3.27. The second-order valence-electron chi connectivity index (χ2n) is 6.53. The Labute approximate surface area is 163 Å². The number of nitrogens with two attached hydrogens (primary N) is 1. The lowest BCUT2D eigenvalue weighted by Gasteiger charge is -2.19. The van der Waals surface area contributed by atoms with Crippen LogP contribution in [0.2, 0.25) is 5.02 Å². The van der Waals surface area contributed by atoms with E-state index in [-0.39, 0.29) is 23.8 Å². The number of primary amides is 1. The highest BCUT2D eigenvalue weighted by molar-refractivity contribution is 6.30. The smallest absolute Gasteiger partial charge is 0.262 e. The van der Waals surface area contributed by atoms with Crippen molar-refractivity contribution >= 4 is 34.8 Å². The van der Waals surface area contributed by atoms with Crippen LogP contribution >= 0.6 is 11.6 Å². The average Bonchev–Trinajstić information content (AvgIpc) is 3.16. The molecule has 2 aromatic rings. The molecule has 1 aliphatic rings. The van der Waals surface area contributed by atoms with Gasteiger partial charge in [-0.1, -0.05) is 11.6 Å². The van der Waals surface area contributed by atoms with E-state index in [1.165, 1.54) is 30.7 Å². The van der Waals surface area contributed by atoms with E-state index in [2.05, 4.69) is 16.3 Å². The molecule has 0 atom stereocenters. The standard InChI is InChI=1S/C20H22ClN3O3/c1-13-10-15(24-8-2-3-9-24)5-7-17(13)23-19(25)12-27-18-11-14(21)4-6-16(18)20(22)26/h4-7,10-11H,2-3,8-9,12H2,1H3,(H2,22,26)(H,23,25). The third kappa shape index (κ3) is 4.71. The van der Waals surface area contributed by atoms with Crippen molar-refractivity contribution in [1.29, 1.82) is 0 Å². The minimum atomic E-state index is -0.643. The van der Waals surface area contributed by atoms with Crippen LogP contribution in [0.3, 0.4) is 0 Å². The second kappa shape index (κ2) is 8.31. The fourth-order valence-electron chi connectivity index (χ4n) is 3.11. The molecule has 0 aromatic heterocycles. The Bertz CT molecular complexity index is 864. The van der Waals surface area contributed by atoms with Crippen LogP contribution in [0.15, 0.2) is 36.4 Å². The molecule has 1 aliphatic heterocycles. The molecule has 2 amide bonds. The van der Waals surface area contributed by atoms with Gasteiger partial charge in [0.15, 0.2) is 6.61 Å². The van der Waals surface area contributed by atoms with Gasteiger partial charge >= 0.3 is 0 Å². The Morgan fingerprint density at radius 3 is 2.59 bits per heavy atom. The van der Waals surface area contributed by atoms with Crippen LogP contribution in [0.1, 0.15) is 28.8 Å². The molecule has 6 nitrogen and oxygen atoms in total. The van der Waals surface area contributed by atoms with Gasteiger partial charge in [0.25, 0.3) is 11.8 Å². The maximum absolute atomic E-state index is 12.2. The summed E-state index contributed by atoms with van der Waals surface area (Å²) in [4.78, 5) is 26.0. The zero-order valence-corrected chi connectivity index (χ0v) is 15.9. The van der Waals surface area contributed by atoms with Gasteiger partial charge in [0, 0.05) is 29.5 Å². The molecule has 1 saturated heterocycles. The first kappa shape index (κ1) is 19.0. The third-order valence-corrected chi connectivity index (χ3v) is 4.76. The largest absolute Gasteiger partial charge is 0.483 e. The van der Waals surface area contributed by atoms with Crippen molar-refractivity contribution in [2.45, 2.75) is 19.8 Å². The molecule has 0 aliphatic carbocycles. The molecule has 0 spiro atoms. The van der Waals surface area contributed by atoms with E-state index >= 15 is 0 Å². The summed E-state index contributed by atoms with van der Waals surface area (Å²) in [5.74, 6) is -0.788. The molecule has 0 saturated carbocycles. The average molecular weight is 388 g/mol. The molecule has 1 fully saturated rings. The van der Waals surface area contributed by atoms with Crippen LogP contribution in [0.25, 0.3) is 0 Å². The van der Waals surface area contributed by atoms with Gasteiger partial charge in [-0.25, -0.2) is 0 Å². The molecule has 0 bridgehead atoms. The van der Waals surface area contributed by atoms with Crippen LogP contribution in [-0.4, -0.2) is 31.5 Å². The molecular formula is C20H22ClN3O3. The number of benzene rings is 2. The first-order chi connectivity index (χ1) is 12.9. The third-order valence-electron chi connectivity index (χ3n) is 4.52. The minimum Gasteiger partial charge on any atom is -0.483 e. The quantitative estimate of drug-likeness (QED) is 0.795. The van der Waals surface area contributed by atoms with Gasteiger partial charge in [-0.15, -0.1) is 0 Å². The number of carbonyl (C=O) groups excluding carboxylic acids is 2. The highest BCUT2D eigenvalue weighted by Gasteiger charge is 2.15. The zero-order chi connectivity index (χ0) is 19.4. The zero-order valence-electron chi connectivity index (χ0n) is 15.1. The summed E-state index contributed by atoms with van der Waals surface area (Å²) in [7, 11) is 0. The number of amides is 2. The first-order valence-corrected chi connectivity index (χ1v) is 9.19. The van der Waals surface area contributed by atoms with Crippen molar-refractivity contribution in [3.05, 3.63) is 52.5 Å². The molecule has 27 heavy (non-hydrogen) atoms. The number of halogens is 1. The highest BCUT2D eigenvalue weighted by atomic mass is 35.5. The van der Waals surface area contributed by atoms with Gasteiger partial charge in [-0.05, 0) is 61.7 Å². The van der Waals surface area contributed by atoms with Crippen molar-refractivity contribution in [2.75, 3.05) is 29.9 Å². The number of rotatable bonds is 6. The molecule has 7 heteroatoms. The monoisotopic (exact) mass is 387 g/mol. The molecule has 2 aromatic carbocycles. The predicted molar refractivity (Wildman–Crippen MR) is 107 cm³/mol. The summed E-state index contributed by atoms with van der Waals surface area (Å²) < 4.78 is 5.45. The van der Waals surface area contributed by atoms with Gasteiger partial charge in [0.1, 0.15) is 5.75 Å². The Morgan fingerprint density at radius 1 is 1.19 bits per heavy atom. The molecular weight excluding hydrogens is 366 g/mol. The van der Waals surface area contributed by atoms with E-state index < -0.39 is 5.91 Å². The summed E-state index contributed by atoms with van der Waals surface area (Å²) in [6, 6.07) is 10.5. The molecule has 0 radical (unpaired) electrons. The van der Waals surface area contributed by atoms with E-state index in [1.807, 2.05) is 19.1 Å². The number of hydrogen-bond acceptors (Lipinski definition) is 4. The van der Waals surface area contributed by atoms with Crippen LogP contribution in [0.5, 0.6) is 5.75 Å². The van der Waals surface area contributed by atoms with Crippen molar-refractivity contribution in [1.82, 2.24) is 0 Å². The summed E-state index contributed by atoms with van der Waals surface area (Å²) in [6.07, 6.45) is 2.43. The number of aryl methyl sites for hydroxylation is 1. The number of hydrogen-bond donors (Lipinski definition) is 2. The predicted octanol–water partition coefficient (Wildman–Crippen LogP) is 3.37. The van der Waals surface area contributed by atoms with E-state index in [1.54, 1.807) is 6.07 Å². The van der Waals surface area contributed by atoms with Crippen LogP contribution < -0.4 is 20.7 Å². The van der Waals surface area contributed by atoms with Gasteiger partial charge in [-0.3, -0.25) is 9.59 Å². The van der Waals surface area contributed by atoms with E-state index in [4.69, 9.17) is 22.1 Å². The van der Waals surface area contributed by atoms with E-state index in [0.717, 1.165) is 24.3 Å². The van der Waals surface area contributed by atoms with Crippen molar-refractivity contribution < 1.29 is 14.3 Å². The topological polar surface area (TPSA) is 84.7 Å². The lowest BCUT2D eigenvalue weighted by atomic mass is 10.1. The first-order valence-electron chi connectivity index (χ1n) is 8.81. The summed E-state index contributed by atoms with van der Waals surface area (Å²) in [5.41, 5.74) is 8.37. The number of nitrogens with one attached hydrogen (secondary N) is 1. The lowest BCUT2D eigenvalue weighted by Crippen LogP contribution is -2.22. The van der Waals surface area contributed by atoms with E-state index in [9.17, 15) is 9.59 Å². The summed E-state index contributed by atoms with van der Waals surface area (Å²) >= 11 is 5.92. The normalized spacial score (nSPS) is 13.5. The number of ether oxygens (including phenoxy) is 1. The molecule has 3 rings (SSSR count). The Balaban J connectivity index is 1.63. The van der Waals surface area contributed by atoms with Crippen LogP contribution in [0, 0.1) is 6.92 Å². The molecule has 0 unspecified atom stereocenters. The molecule has 142 valence electrons. The lowest BCUT2D eigenvalue weighted by molar-refractivity contribution is -0.118. The number of nitrogens with zero attached hydrogens (tertiary/aromatic N) is 1. The SMILES string of the molecule is Cc1cc(N2CCCC2)ccc1NC(=O)COc1cc(Cl)ccc1C(N)=O. The maximum Gasteiger partial charge on any atom is 0.262 e. The van der Waals surface area contributed by atoms with Crippen molar-refractivity contribution in [3.8, 4) is 5.75 Å². The van der Waals surface area contributed by atoms with E-state index in [0.29, 0.717) is 5.02 Å². The Morgan fingerprint density at radius 2 is 1.93 bits per heavy atom. The van der Waals surface area contributed by atoms with Crippen molar-refractivity contribution in [2.24, 2.45) is 5.73 Å². The Kier molecular flexibility index (Phi) is 5.86. The van der Waals surface area contributed by atoms with Gasteiger partial charge < -0.3 is 20.7 Å². The number of anilines is 2. The van der Waals surface area contributed by atoms with Crippen LogP contribution in [-0.2, 0) is 4.79 Å². The highest BCUT2D eigenvalue weighted by Crippen LogP contribution is 2.26. The fraction of sp³-hybridized carbons (Fsp3) is 0.300. The summed E-state index contributed by atoms with van der Waals surface area (Å²) in [5, 5.41) is 3.22. The van der Waals surface area contributed by atoms with Crippen molar-refractivity contribution in [3.63, 3.8) is 0 Å². The second-order valence-corrected chi connectivity index (χ2v) is 6.97. The maximum atomic E-state index is 12.2. The van der Waals surface area contributed by atoms with Gasteiger partial charge in [0.2, 0.25) is 0 Å². The van der Waals surface area contributed by atoms with Gasteiger partial charge in [0.05, 0.1) is 5.56 Å². The Hall–Kier alpha value is -2.73. The summed E-state index contributed by atoms with van der Waals surface area (Å²) in [6.45, 7) is 3.84. The van der Waals surface area contributed by atoms with Gasteiger partial charge in [-0.2, -0.15) is 0 Å². The molecule has 1 heterocycles.